The lowest BCUT2D eigenvalue weighted by molar-refractivity contribution is -0.384. The molecule has 1 atom stereocenters. The van der Waals surface area contributed by atoms with Gasteiger partial charge in [-0.2, -0.15) is 0 Å². The fourth-order valence-electron chi connectivity index (χ4n) is 2.93. The second-order valence-electron chi connectivity index (χ2n) is 6.62. The lowest BCUT2D eigenvalue weighted by atomic mass is 10.1. The van der Waals surface area contributed by atoms with Crippen molar-refractivity contribution in [3.63, 3.8) is 0 Å². The molecule has 0 spiro atoms. The Morgan fingerprint density at radius 2 is 1.96 bits per heavy atom. The van der Waals surface area contributed by atoms with Gasteiger partial charge in [-0.1, -0.05) is 36.4 Å². The molecular weight excluding hydrogens is 360 g/mol. The van der Waals surface area contributed by atoms with Crippen molar-refractivity contribution in [1.29, 1.82) is 0 Å². The molecule has 148 valence electrons. The van der Waals surface area contributed by atoms with E-state index in [1.807, 2.05) is 30.3 Å². The van der Waals surface area contributed by atoms with Crippen molar-refractivity contribution in [3.05, 3.63) is 75.8 Å². The second-order valence-corrected chi connectivity index (χ2v) is 6.62. The maximum absolute atomic E-state index is 10.8. The number of rotatable bonds is 8. The molecule has 0 radical (unpaired) electrons. The van der Waals surface area contributed by atoms with Crippen LogP contribution in [0.3, 0.4) is 0 Å². The number of hydrogen-bond acceptors (Lipinski definition) is 6. The van der Waals surface area contributed by atoms with Gasteiger partial charge in [-0.05, 0) is 23.3 Å². The summed E-state index contributed by atoms with van der Waals surface area (Å²) in [4.78, 5) is 12.6. The lowest BCUT2D eigenvalue weighted by Crippen LogP contribution is -2.40. The molecular formula is C21H24N2O5. The summed E-state index contributed by atoms with van der Waals surface area (Å²) in [5.41, 5.74) is 1.75. The van der Waals surface area contributed by atoms with E-state index in [9.17, 15) is 15.2 Å². The van der Waals surface area contributed by atoms with Crippen LogP contribution in [0.5, 0.6) is 5.75 Å². The van der Waals surface area contributed by atoms with Gasteiger partial charge in [0.05, 0.1) is 24.2 Å². The summed E-state index contributed by atoms with van der Waals surface area (Å²) >= 11 is 0. The first kappa shape index (κ1) is 20.0. The zero-order valence-electron chi connectivity index (χ0n) is 15.6. The molecule has 1 aliphatic rings. The maximum atomic E-state index is 10.8. The Kier molecular flexibility index (Phi) is 7.13. The fraction of sp³-hybridized carbons (Fsp3) is 0.333. The van der Waals surface area contributed by atoms with Gasteiger partial charge in [-0.15, -0.1) is 0 Å². The molecule has 1 heterocycles. The van der Waals surface area contributed by atoms with Crippen molar-refractivity contribution in [3.8, 4) is 5.75 Å². The normalized spacial score (nSPS) is 16.2. The Hall–Kier alpha value is -2.74. The summed E-state index contributed by atoms with van der Waals surface area (Å²) in [6.45, 7) is 3.99. The molecule has 1 N–H and O–H groups in total. The Balaban J connectivity index is 1.49. The highest BCUT2D eigenvalue weighted by Crippen LogP contribution is 2.18. The molecule has 7 heteroatoms. The molecule has 1 saturated heterocycles. The Labute approximate surface area is 164 Å². The summed E-state index contributed by atoms with van der Waals surface area (Å²) in [6.07, 6.45) is 3.15. The first-order valence-electron chi connectivity index (χ1n) is 9.23. The van der Waals surface area contributed by atoms with E-state index in [2.05, 4.69) is 4.90 Å². The second kappa shape index (κ2) is 9.98. The number of ether oxygens (including phenoxy) is 2. The van der Waals surface area contributed by atoms with Gasteiger partial charge in [0.25, 0.3) is 5.69 Å². The van der Waals surface area contributed by atoms with Crippen LogP contribution in [0.25, 0.3) is 6.08 Å². The van der Waals surface area contributed by atoms with Gasteiger partial charge in [-0.25, -0.2) is 0 Å². The number of hydrogen-bond donors (Lipinski definition) is 1. The van der Waals surface area contributed by atoms with Crippen LogP contribution in [0.2, 0.25) is 0 Å². The van der Waals surface area contributed by atoms with Gasteiger partial charge < -0.3 is 14.6 Å². The Morgan fingerprint density at radius 1 is 1.21 bits per heavy atom. The number of aliphatic hydroxyl groups excluding tert-OH is 1. The third-order valence-corrected chi connectivity index (χ3v) is 4.47. The smallest absolute Gasteiger partial charge is 0.269 e. The number of β-amino-alcohol motifs (C(OH)–C–C–N with tert-alkyl or cyclic N) is 1. The van der Waals surface area contributed by atoms with Crippen LogP contribution in [-0.4, -0.2) is 53.9 Å². The van der Waals surface area contributed by atoms with E-state index >= 15 is 0 Å². The van der Waals surface area contributed by atoms with Gasteiger partial charge in [0.15, 0.2) is 0 Å². The minimum atomic E-state index is -0.525. The monoisotopic (exact) mass is 384 g/mol. The molecule has 0 saturated carbocycles. The van der Waals surface area contributed by atoms with E-state index in [0.717, 1.165) is 24.2 Å². The molecule has 0 aromatic heterocycles. The minimum Gasteiger partial charge on any atom is -0.489 e. The number of morpholine rings is 1. The third kappa shape index (κ3) is 6.16. The first-order chi connectivity index (χ1) is 13.6. The van der Waals surface area contributed by atoms with E-state index in [4.69, 9.17) is 9.47 Å². The van der Waals surface area contributed by atoms with Crippen LogP contribution < -0.4 is 4.74 Å². The highest BCUT2D eigenvalue weighted by atomic mass is 16.6. The average Bonchev–Trinajstić information content (AvgIpc) is 2.72. The number of aliphatic hydroxyl groups is 1. The van der Waals surface area contributed by atoms with Gasteiger partial charge in [0, 0.05) is 31.8 Å². The molecule has 1 aliphatic heterocycles. The molecule has 28 heavy (non-hydrogen) atoms. The van der Waals surface area contributed by atoms with E-state index in [1.54, 1.807) is 18.2 Å². The molecule has 2 aromatic carbocycles. The van der Waals surface area contributed by atoms with Crippen molar-refractivity contribution in [1.82, 2.24) is 4.90 Å². The van der Waals surface area contributed by atoms with Crippen LogP contribution in [0, 0.1) is 10.1 Å². The zero-order valence-corrected chi connectivity index (χ0v) is 15.6. The standard InChI is InChI=1S/C21H24N2O5/c24-20(15-22-10-12-27-13-11-22)7-4-17-5-8-21(9-6-17)28-16-18-2-1-3-19(14-18)23(25)26/h1-9,14,20,24H,10-13,15-16H2/b7-4+. The van der Waals surface area contributed by atoms with E-state index in [1.165, 1.54) is 12.1 Å². The fourth-order valence-corrected chi connectivity index (χ4v) is 2.93. The van der Waals surface area contributed by atoms with Gasteiger partial charge in [-0.3, -0.25) is 15.0 Å². The van der Waals surface area contributed by atoms with Crippen molar-refractivity contribution < 1.29 is 19.5 Å². The summed E-state index contributed by atoms with van der Waals surface area (Å²) in [5.74, 6) is 0.678. The Bertz CT molecular complexity index is 801. The number of nitro groups is 1. The van der Waals surface area contributed by atoms with Crippen molar-refractivity contribution in [2.45, 2.75) is 12.7 Å². The number of nitro benzene ring substituents is 1. The van der Waals surface area contributed by atoms with Crippen LogP contribution in [0.15, 0.2) is 54.6 Å². The summed E-state index contributed by atoms with van der Waals surface area (Å²) < 4.78 is 11.0. The van der Waals surface area contributed by atoms with Crippen LogP contribution in [-0.2, 0) is 11.3 Å². The molecule has 0 bridgehead atoms. The number of nitrogens with zero attached hydrogens (tertiary/aromatic N) is 2. The van der Waals surface area contributed by atoms with Gasteiger partial charge in [0.1, 0.15) is 12.4 Å². The SMILES string of the molecule is O=[N+]([O-])c1cccc(COc2ccc(/C=C/C(O)CN3CCOCC3)cc2)c1. The predicted octanol–water partition coefficient (Wildman–Crippen LogP) is 2.88. The van der Waals surface area contributed by atoms with Crippen molar-refractivity contribution in [2.75, 3.05) is 32.8 Å². The van der Waals surface area contributed by atoms with Gasteiger partial charge >= 0.3 is 0 Å². The van der Waals surface area contributed by atoms with Crippen LogP contribution >= 0.6 is 0 Å². The third-order valence-electron chi connectivity index (χ3n) is 4.47. The first-order valence-corrected chi connectivity index (χ1v) is 9.23. The molecule has 1 fully saturated rings. The highest BCUT2D eigenvalue weighted by molar-refractivity contribution is 5.51. The highest BCUT2D eigenvalue weighted by Gasteiger charge is 2.12. The average molecular weight is 384 g/mol. The summed E-state index contributed by atoms with van der Waals surface area (Å²) in [7, 11) is 0. The van der Waals surface area contributed by atoms with E-state index in [-0.39, 0.29) is 12.3 Å². The molecule has 3 rings (SSSR count). The van der Waals surface area contributed by atoms with Crippen LogP contribution in [0.1, 0.15) is 11.1 Å². The van der Waals surface area contributed by atoms with E-state index in [0.29, 0.717) is 25.5 Å². The summed E-state index contributed by atoms with van der Waals surface area (Å²) in [5, 5.41) is 21.0. The van der Waals surface area contributed by atoms with Crippen molar-refractivity contribution >= 4 is 11.8 Å². The Morgan fingerprint density at radius 3 is 2.68 bits per heavy atom. The van der Waals surface area contributed by atoms with Crippen molar-refractivity contribution in [2.24, 2.45) is 0 Å². The quantitative estimate of drug-likeness (QED) is 0.556. The number of benzene rings is 2. The van der Waals surface area contributed by atoms with Gasteiger partial charge in [0.2, 0.25) is 0 Å². The molecule has 1 unspecified atom stereocenters. The molecule has 2 aromatic rings. The predicted molar refractivity (Wildman–Crippen MR) is 106 cm³/mol. The summed E-state index contributed by atoms with van der Waals surface area (Å²) in [6, 6.07) is 13.9. The topological polar surface area (TPSA) is 85.1 Å². The molecule has 0 amide bonds. The minimum absolute atomic E-state index is 0.0530. The molecule has 7 nitrogen and oxygen atoms in total. The largest absolute Gasteiger partial charge is 0.489 e. The lowest BCUT2D eigenvalue weighted by Gasteiger charge is -2.27. The van der Waals surface area contributed by atoms with Crippen LogP contribution in [0.4, 0.5) is 5.69 Å². The maximum Gasteiger partial charge on any atom is 0.269 e. The molecule has 0 aliphatic carbocycles. The number of non-ortho nitro benzene ring substituents is 1. The zero-order chi connectivity index (χ0) is 19.8. The van der Waals surface area contributed by atoms with E-state index < -0.39 is 11.0 Å².